The maximum atomic E-state index is 13.6. The highest BCUT2D eigenvalue weighted by Crippen LogP contribution is 2.22. The summed E-state index contributed by atoms with van der Waals surface area (Å²) in [6.07, 6.45) is 4.12. The molecule has 0 aliphatic carbocycles. The fraction of sp³-hybridized carbons (Fsp3) is 0.0667. The van der Waals surface area contributed by atoms with Gasteiger partial charge in [0.15, 0.2) is 0 Å². The predicted octanol–water partition coefficient (Wildman–Crippen LogP) is 1.75. The fourth-order valence-electron chi connectivity index (χ4n) is 2.21. The van der Waals surface area contributed by atoms with Crippen molar-refractivity contribution in [3.8, 4) is 0 Å². The Morgan fingerprint density at radius 1 is 1.22 bits per heavy atom. The molecule has 1 aromatic carbocycles. The second-order valence-corrected chi connectivity index (χ2v) is 4.76. The van der Waals surface area contributed by atoms with Crippen LogP contribution >= 0.6 is 0 Å². The number of aromatic amines is 1. The predicted molar refractivity (Wildman–Crippen MR) is 84.1 cm³/mol. The van der Waals surface area contributed by atoms with Gasteiger partial charge >= 0.3 is 0 Å². The molecule has 7 nitrogen and oxygen atoms in total. The van der Waals surface area contributed by atoms with E-state index >= 15 is 0 Å². The number of nitrogens with zero attached hydrogens (tertiary/aromatic N) is 2. The quantitative estimate of drug-likeness (QED) is 0.684. The van der Waals surface area contributed by atoms with Crippen molar-refractivity contribution in [3.05, 3.63) is 58.7 Å². The van der Waals surface area contributed by atoms with Crippen LogP contribution in [-0.4, -0.2) is 27.9 Å². The van der Waals surface area contributed by atoms with Crippen LogP contribution in [0.3, 0.4) is 0 Å². The number of carbonyl (C=O) groups excluding carboxylic acids is 1. The van der Waals surface area contributed by atoms with Gasteiger partial charge in [-0.15, -0.1) is 0 Å². The maximum Gasteiger partial charge on any atom is 0.261 e. The van der Waals surface area contributed by atoms with Gasteiger partial charge in [0.05, 0.1) is 29.3 Å². The Hall–Kier alpha value is -3.29. The molecule has 23 heavy (non-hydrogen) atoms. The Morgan fingerprint density at radius 2 is 1.96 bits per heavy atom. The Kier molecular flexibility index (Phi) is 3.71. The number of H-pyrrole nitrogens is 1. The number of anilines is 2. The minimum atomic E-state index is -0.627. The Bertz CT molecular complexity index is 940. The van der Waals surface area contributed by atoms with Crippen molar-refractivity contribution in [2.75, 3.05) is 17.7 Å². The van der Waals surface area contributed by atoms with Gasteiger partial charge in [0, 0.05) is 12.4 Å². The van der Waals surface area contributed by atoms with Gasteiger partial charge in [0.25, 0.3) is 11.5 Å². The highest BCUT2D eigenvalue weighted by atomic mass is 19.1. The zero-order chi connectivity index (χ0) is 16.4. The van der Waals surface area contributed by atoms with E-state index in [4.69, 9.17) is 0 Å². The zero-order valence-electron chi connectivity index (χ0n) is 12.1. The molecule has 116 valence electrons. The van der Waals surface area contributed by atoms with Crippen molar-refractivity contribution < 1.29 is 9.18 Å². The van der Waals surface area contributed by atoms with E-state index in [2.05, 4.69) is 25.6 Å². The minimum absolute atomic E-state index is 0.131. The van der Waals surface area contributed by atoms with E-state index < -0.39 is 17.3 Å². The summed E-state index contributed by atoms with van der Waals surface area (Å²) < 4.78 is 13.6. The standard InChI is InChI=1S/C15H12FN5O2/c1-17-12-4-9(16)2-8-3-11(15(23)21-13(8)12)14(22)20-10-5-18-7-19-6-10/h2-7,17H,1H3,(H,20,22)(H,21,23). The van der Waals surface area contributed by atoms with Gasteiger partial charge in [-0.05, 0) is 18.2 Å². The van der Waals surface area contributed by atoms with Crippen molar-refractivity contribution in [3.63, 3.8) is 0 Å². The number of benzene rings is 1. The lowest BCUT2D eigenvalue weighted by atomic mass is 10.1. The van der Waals surface area contributed by atoms with Crippen LogP contribution in [0.4, 0.5) is 15.8 Å². The number of amides is 1. The molecule has 3 aromatic rings. The van der Waals surface area contributed by atoms with Crippen molar-refractivity contribution >= 4 is 28.2 Å². The number of hydrogen-bond acceptors (Lipinski definition) is 5. The normalized spacial score (nSPS) is 10.5. The molecule has 3 N–H and O–H groups in total. The lowest BCUT2D eigenvalue weighted by Crippen LogP contribution is -2.23. The van der Waals surface area contributed by atoms with E-state index in [0.29, 0.717) is 22.3 Å². The second-order valence-electron chi connectivity index (χ2n) is 4.76. The molecule has 2 aromatic heterocycles. The lowest BCUT2D eigenvalue weighted by molar-refractivity contribution is 0.102. The van der Waals surface area contributed by atoms with Crippen LogP contribution in [0.5, 0.6) is 0 Å². The molecule has 0 spiro atoms. The van der Waals surface area contributed by atoms with Crippen molar-refractivity contribution in [1.82, 2.24) is 15.0 Å². The average Bonchev–Trinajstić information content (AvgIpc) is 2.54. The minimum Gasteiger partial charge on any atom is -0.386 e. The first-order valence-electron chi connectivity index (χ1n) is 6.69. The summed E-state index contributed by atoms with van der Waals surface area (Å²) in [5.41, 5.74) is 0.509. The number of aromatic nitrogens is 3. The summed E-state index contributed by atoms with van der Waals surface area (Å²) in [5, 5.41) is 5.72. The summed E-state index contributed by atoms with van der Waals surface area (Å²) >= 11 is 0. The zero-order valence-corrected chi connectivity index (χ0v) is 12.1. The molecule has 0 unspecified atom stereocenters. The molecule has 0 saturated carbocycles. The fourth-order valence-corrected chi connectivity index (χ4v) is 2.21. The number of nitrogens with one attached hydrogen (secondary N) is 3. The summed E-state index contributed by atoms with van der Waals surface area (Å²) in [5.74, 6) is -1.10. The molecule has 0 aliphatic heterocycles. The molecule has 0 atom stereocenters. The average molecular weight is 313 g/mol. The van der Waals surface area contributed by atoms with Crippen LogP contribution < -0.4 is 16.2 Å². The smallest absolute Gasteiger partial charge is 0.261 e. The number of fused-ring (bicyclic) bond motifs is 1. The van der Waals surface area contributed by atoms with E-state index in [0.717, 1.165) is 0 Å². The van der Waals surface area contributed by atoms with E-state index in [1.165, 1.54) is 36.9 Å². The number of halogens is 1. The van der Waals surface area contributed by atoms with Gasteiger partial charge in [-0.2, -0.15) is 0 Å². The third-order valence-corrected chi connectivity index (χ3v) is 3.25. The first kappa shape index (κ1) is 14.6. The van der Waals surface area contributed by atoms with E-state index in [-0.39, 0.29) is 5.56 Å². The summed E-state index contributed by atoms with van der Waals surface area (Å²) in [7, 11) is 1.61. The first-order chi connectivity index (χ1) is 11.1. The third kappa shape index (κ3) is 2.86. The van der Waals surface area contributed by atoms with Crippen LogP contribution in [0.2, 0.25) is 0 Å². The molecule has 2 heterocycles. The van der Waals surface area contributed by atoms with Gasteiger partial charge in [-0.25, -0.2) is 14.4 Å². The van der Waals surface area contributed by atoms with Gasteiger partial charge < -0.3 is 15.6 Å². The van der Waals surface area contributed by atoms with Crippen LogP contribution in [0.15, 0.2) is 41.7 Å². The largest absolute Gasteiger partial charge is 0.386 e. The van der Waals surface area contributed by atoms with Crippen LogP contribution in [-0.2, 0) is 0 Å². The Balaban J connectivity index is 2.06. The maximum absolute atomic E-state index is 13.6. The monoisotopic (exact) mass is 313 g/mol. The highest BCUT2D eigenvalue weighted by Gasteiger charge is 2.14. The van der Waals surface area contributed by atoms with Crippen molar-refractivity contribution in [2.45, 2.75) is 0 Å². The number of hydrogen-bond donors (Lipinski definition) is 3. The molecule has 8 heteroatoms. The SMILES string of the molecule is CNc1cc(F)cc2cc(C(=O)Nc3cncnc3)c(=O)[nH]c12. The first-order valence-corrected chi connectivity index (χ1v) is 6.69. The number of rotatable bonds is 3. The van der Waals surface area contributed by atoms with Gasteiger partial charge in [-0.3, -0.25) is 9.59 Å². The van der Waals surface area contributed by atoms with Crippen molar-refractivity contribution in [2.24, 2.45) is 0 Å². The Morgan fingerprint density at radius 3 is 2.65 bits per heavy atom. The Labute approximate surface area is 129 Å². The molecule has 0 bridgehead atoms. The molecule has 0 saturated heterocycles. The summed E-state index contributed by atoms with van der Waals surface area (Å²) in [4.78, 5) is 34.5. The highest BCUT2D eigenvalue weighted by molar-refractivity contribution is 6.06. The van der Waals surface area contributed by atoms with E-state index in [1.54, 1.807) is 7.05 Å². The van der Waals surface area contributed by atoms with Gasteiger partial charge in [0.1, 0.15) is 17.7 Å². The van der Waals surface area contributed by atoms with Gasteiger partial charge in [0.2, 0.25) is 0 Å². The third-order valence-electron chi connectivity index (χ3n) is 3.25. The van der Waals surface area contributed by atoms with Crippen molar-refractivity contribution in [1.29, 1.82) is 0 Å². The molecule has 3 rings (SSSR count). The molecule has 1 amide bonds. The van der Waals surface area contributed by atoms with Crippen LogP contribution in [0.1, 0.15) is 10.4 Å². The molecule has 0 fully saturated rings. The summed E-state index contributed by atoms with van der Waals surface area (Å²) in [6, 6.07) is 3.85. The topological polar surface area (TPSA) is 99.8 Å². The second kappa shape index (κ2) is 5.84. The van der Waals surface area contributed by atoms with Gasteiger partial charge in [-0.1, -0.05) is 0 Å². The summed E-state index contributed by atoms with van der Waals surface area (Å²) in [6.45, 7) is 0. The molecular weight excluding hydrogens is 301 g/mol. The lowest BCUT2D eigenvalue weighted by Gasteiger charge is -2.08. The number of pyridine rings is 1. The van der Waals surface area contributed by atoms with Crippen LogP contribution in [0, 0.1) is 5.82 Å². The van der Waals surface area contributed by atoms with E-state index in [9.17, 15) is 14.0 Å². The van der Waals surface area contributed by atoms with Crippen LogP contribution in [0.25, 0.3) is 10.9 Å². The number of carbonyl (C=O) groups is 1. The molecule has 0 radical (unpaired) electrons. The molecule has 0 aliphatic rings. The molecular formula is C15H12FN5O2. The van der Waals surface area contributed by atoms with E-state index in [1.807, 2.05) is 0 Å².